The van der Waals surface area contributed by atoms with Crippen LogP contribution in [0.5, 0.6) is 0 Å². The Kier molecular flexibility index (Phi) is 5.36. The van der Waals surface area contributed by atoms with E-state index in [-0.39, 0.29) is 11.6 Å². The summed E-state index contributed by atoms with van der Waals surface area (Å²) in [7, 11) is 0. The van der Waals surface area contributed by atoms with Crippen molar-refractivity contribution in [3.8, 4) is 0 Å². The van der Waals surface area contributed by atoms with Gasteiger partial charge in [0.1, 0.15) is 0 Å². The topological polar surface area (TPSA) is 29.1 Å². The third kappa shape index (κ3) is 5.03. The molecule has 6 heteroatoms. The normalized spacial score (nSPS) is 12.7. The summed E-state index contributed by atoms with van der Waals surface area (Å²) in [5.41, 5.74) is 0.478. The number of hydrogen-bond acceptors (Lipinski definition) is 2. The monoisotopic (exact) mass is 339 g/mol. The van der Waals surface area contributed by atoms with E-state index in [4.69, 9.17) is 0 Å². The maximum Gasteiger partial charge on any atom is 0.416 e. The molecule has 0 saturated carbocycles. The Labute approximate surface area is 137 Å². The van der Waals surface area contributed by atoms with Gasteiger partial charge in [-0.1, -0.05) is 23.8 Å². The molecular formula is C17H16F3NOS. The number of nitrogens with one attached hydrogen (secondary N) is 1. The summed E-state index contributed by atoms with van der Waals surface area (Å²) in [5, 5.41) is 2.10. The summed E-state index contributed by atoms with van der Waals surface area (Å²) in [4.78, 5) is 13.1. The van der Waals surface area contributed by atoms with Crippen LogP contribution in [0, 0.1) is 6.92 Å². The van der Waals surface area contributed by atoms with Crippen molar-refractivity contribution in [2.45, 2.75) is 30.2 Å². The number of benzene rings is 2. The number of carbonyl (C=O) groups excluding carboxylic acids is 1. The fourth-order valence-electron chi connectivity index (χ4n) is 1.89. The second kappa shape index (κ2) is 7.08. The molecule has 2 aromatic carbocycles. The molecule has 0 bridgehead atoms. The molecule has 0 heterocycles. The largest absolute Gasteiger partial charge is 0.416 e. The number of carbonyl (C=O) groups is 1. The van der Waals surface area contributed by atoms with E-state index in [1.807, 2.05) is 31.2 Å². The van der Waals surface area contributed by atoms with E-state index in [0.29, 0.717) is 0 Å². The molecule has 2 nitrogen and oxygen atoms in total. The molecule has 0 spiro atoms. The van der Waals surface area contributed by atoms with Crippen LogP contribution in [0.15, 0.2) is 53.4 Å². The van der Waals surface area contributed by atoms with Crippen molar-refractivity contribution < 1.29 is 18.0 Å². The third-order valence-corrected chi connectivity index (χ3v) is 4.27. The Morgan fingerprint density at radius 2 is 1.78 bits per heavy atom. The van der Waals surface area contributed by atoms with Gasteiger partial charge in [0.25, 0.3) is 0 Å². The van der Waals surface area contributed by atoms with Gasteiger partial charge in [-0.2, -0.15) is 13.2 Å². The van der Waals surface area contributed by atoms with Gasteiger partial charge in [-0.25, -0.2) is 0 Å². The second-order valence-electron chi connectivity index (χ2n) is 5.14. The number of anilines is 1. The zero-order valence-electron chi connectivity index (χ0n) is 12.6. The molecule has 0 aromatic heterocycles. The highest BCUT2D eigenvalue weighted by atomic mass is 32.2. The minimum atomic E-state index is -4.43. The lowest BCUT2D eigenvalue weighted by Gasteiger charge is -2.13. The van der Waals surface area contributed by atoms with E-state index in [0.717, 1.165) is 22.6 Å². The first kappa shape index (κ1) is 17.4. The number of amides is 1. The zero-order valence-corrected chi connectivity index (χ0v) is 13.5. The van der Waals surface area contributed by atoms with Gasteiger partial charge in [-0.15, -0.1) is 11.8 Å². The quantitative estimate of drug-likeness (QED) is 0.782. The molecular weight excluding hydrogens is 323 g/mol. The van der Waals surface area contributed by atoms with Gasteiger partial charge in [-0.3, -0.25) is 4.79 Å². The molecule has 2 aromatic rings. The second-order valence-corrected chi connectivity index (χ2v) is 6.56. The Morgan fingerprint density at radius 3 is 2.39 bits per heavy atom. The van der Waals surface area contributed by atoms with Crippen molar-refractivity contribution in [3.63, 3.8) is 0 Å². The average Bonchev–Trinajstić information content (AvgIpc) is 2.49. The minimum absolute atomic E-state index is 0.140. The van der Waals surface area contributed by atoms with Crippen LogP contribution < -0.4 is 5.32 Å². The standard InChI is InChI=1S/C17H16F3NOS/c1-11-6-8-15(9-7-11)23-12(2)16(22)21-14-5-3-4-13(10-14)17(18,19)20/h3-10,12H,1-2H3,(H,21,22). The van der Waals surface area contributed by atoms with Gasteiger partial charge < -0.3 is 5.32 Å². The van der Waals surface area contributed by atoms with Crippen LogP contribution in [0.2, 0.25) is 0 Å². The summed E-state index contributed by atoms with van der Waals surface area (Å²) in [6.07, 6.45) is -4.43. The number of alkyl halides is 3. The van der Waals surface area contributed by atoms with E-state index in [2.05, 4.69) is 5.32 Å². The van der Waals surface area contributed by atoms with E-state index >= 15 is 0 Å². The Balaban J connectivity index is 2.02. The molecule has 1 amide bonds. The van der Waals surface area contributed by atoms with Gasteiger partial charge in [-0.05, 0) is 44.2 Å². The molecule has 1 N–H and O–H groups in total. The Hall–Kier alpha value is -1.95. The number of hydrogen-bond donors (Lipinski definition) is 1. The zero-order chi connectivity index (χ0) is 17.0. The van der Waals surface area contributed by atoms with Crippen molar-refractivity contribution in [3.05, 3.63) is 59.7 Å². The lowest BCUT2D eigenvalue weighted by molar-refractivity contribution is -0.137. The molecule has 122 valence electrons. The number of halogens is 3. The molecule has 0 aliphatic rings. The van der Waals surface area contributed by atoms with Crippen LogP contribution in [0.4, 0.5) is 18.9 Å². The van der Waals surface area contributed by atoms with Crippen LogP contribution in [0.25, 0.3) is 0 Å². The molecule has 23 heavy (non-hydrogen) atoms. The van der Waals surface area contributed by atoms with E-state index < -0.39 is 17.0 Å². The number of rotatable bonds is 4. The molecule has 0 saturated heterocycles. The fraction of sp³-hybridized carbons (Fsp3) is 0.235. The highest BCUT2D eigenvalue weighted by Gasteiger charge is 2.30. The smallest absolute Gasteiger partial charge is 0.325 e. The predicted molar refractivity (Wildman–Crippen MR) is 86.6 cm³/mol. The van der Waals surface area contributed by atoms with Crippen molar-refractivity contribution >= 4 is 23.4 Å². The van der Waals surface area contributed by atoms with Crippen molar-refractivity contribution in [2.75, 3.05) is 5.32 Å². The highest BCUT2D eigenvalue weighted by Crippen LogP contribution is 2.31. The van der Waals surface area contributed by atoms with E-state index in [1.165, 1.54) is 23.9 Å². The lowest BCUT2D eigenvalue weighted by Crippen LogP contribution is -2.22. The van der Waals surface area contributed by atoms with Gasteiger partial charge in [0, 0.05) is 10.6 Å². The Bertz CT molecular complexity index is 683. The van der Waals surface area contributed by atoms with Crippen LogP contribution in [0.1, 0.15) is 18.1 Å². The third-order valence-electron chi connectivity index (χ3n) is 3.16. The molecule has 0 radical (unpaired) electrons. The van der Waals surface area contributed by atoms with Crippen LogP contribution in [-0.2, 0) is 11.0 Å². The fourth-order valence-corrected chi connectivity index (χ4v) is 2.76. The lowest BCUT2D eigenvalue weighted by atomic mass is 10.2. The molecule has 1 atom stereocenters. The summed E-state index contributed by atoms with van der Waals surface area (Å²) in [6, 6.07) is 12.3. The van der Waals surface area contributed by atoms with Crippen molar-refractivity contribution in [1.29, 1.82) is 0 Å². The van der Waals surface area contributed by atoms with Gasteiger partial charge in [0.2, 0.25) is 5.91 Å². The molecule has 2 rings (SSSR count). The van der Waals surface area contributed by atoms with Crippen molar-refractivity contribution in [1.82, 2.24) is 0 Å². The predicted octanol–water partition coefficient (Wildman–Crippen LogP) is 5.13. The number of aryl methyl sites for hydroxylation is 1. The SMILES string of the molecule is Cc1ccc(SC(C)C(=O)Nc2cccc(C(F)(F)F)c2)cc1. The summed E-state index contributed by atoms with van der Waals surface area (Å²) in [5.74, 6) is -0.338. The molecule has 0 aliphatic carbocycles. The first-order chi connectivity index (χ1) is 10.8. The highest BCUT2D eigenvalue weighted by molar-refractivity contribution is 8.00. The molecule has 0 fully saturated rings. The maximum absolute atomic E-state index is 12.7. The average molecular weight is 339 g/mol. The van der Waals surface area contributed by atoms with E-state index in [9.17, 15) is 18.0 Å². The van der Waals surface area contributed by atoms with Crippen LogP contribution in [0.3, 0.4) is 0 Å². The first-order valence-electron chi connectivity index (χ1n) is 6.97. The number of thioether (sulfide) groups is 1. The van der Waals surface area contributed by atoms with Gasteiger partial charge in [0.15, 0.2) is 0 Å². The molecule has 0 aliphatic heterocycles. The Morgan fingerprint density at radius 1 is 1.13 bits per heavy atom. The van der Waals surface area contributed by atoms with Crippen LogP contribution >= 0.6 is 11.8 Å². The van der Waals surface area contributed by atoms with Gasteiger partial charge >= 0.3 is 6.18 Å². The molecule has 1 unspecified atom stereocenters. The minimum Gasteiger partial charge on any atom is -0.325 e. The van der Waals surface area contributed by atoms with E-state index in [1.54, 1.807) is 6.92 Å². The first-order valence-corrected chi connectivity index (χ1v) is 7.85. The maximum atomic E-state index is 12.7. The van der Waals surface area contributed by atoms with Crippen LogP contribution in [-0.4, -0.2) is 11.2 Å². The summed E-state index contributed by atoms with van der Waals surface area (Å²) in [6.45, 7) is 3.69. The van der Waals surface area contributed by atoms with Gasteiger partial charge in [0.05, 0.1) is 10.8 Å². The van der Waals surface area contributed by atoms with Crippen molar-refractivity contribution in [2.24, 2.45) is 0 Å². The summed E-state index contributed by atoms with van der Waals surface area (Å²) < 4.78 is 38.0. The summed E-state index contributed by atoms with van der Waals surface area (Å²) >= 11 is 1.36.